The Morgan fingerprint density at radius 2 is 1.95 bits per heavy atom. The van der Waals surface area contributed by atoms with E-state index >= 15 is 0 Å². The summed E-state index contributed by atoms with van der Waals surface area (Å²) in [5.41, 5.74) is -0.0251. The molecule has 21 heavy (non-hydrogen) atoms. The molecule has 1 aromatic carbocycles. The van der Waals surface area contributed by atoms with E-state index in [0.29, 0.717) is 11.6 Å². The van der Waals surface area contributed by atoms with E-state index in [0.717, 1.165) is 44.5 Å². The van der Waals surface area contributed by atoms with Crippen molar-refractivity contribution in [1.29, 1.82) is 5.26 Å². The van der Waals surface area contributed by atoms with E-state index in [-0.39, 0.29) is 5.56 Å². The summed E-state index contributed by atoms with van der Waals surface area (Å²) >= 11 is 0. The van der Waals surface area contributed by atoms with Crippen molar-refractivity contribution >= 4 is 5.69 Å². The topological polar surface area (TPSA) is 27.0 Å². The number of hydrogen-bond donors (Lipinski definition) is 0. The van der Waals surface area contributed by atoms with E-state index in [1.165, 1.54) is 12.5 Å². The summed E-state index contributed by atoms with van der Waals surface area (Å²) in [5.74, 6) is 0.700. The highest BCUT2D eigenvalue weighted by molar-refractivity contribution is 5.61. The molecule has 0 saturated carbocycles. The van der Waals surface area contributed by atoms with Gasteiger partial charge in [0.25, 0.3) is 0 Å². The van der Waals surface area contributed by atoms with Crippen molar-refractivity contribution < 1.29 is 13.2 Å². The van der Waals surface area contributed by atoms with Gasteiger partial charge in [-0.15, -0.1) is 0 Å². The third-order valence-electron chi connectivity index (χ3n) is 4.10. The molecule has 0 spiro atoms. The van der Waals surface area contributed by atoms with Crippen LogP contribution in [0.4, 0.5) is 18.9 Å². The predicted molar refractivity (Wildman–Crippen MR) is 76.0 cm³/mol. The number of halogens is 3. The first-order valence-electron chi connectivity index (χ1n) is 7.32. The van der Waals surface area contributed by atoms with Crippen LogP contribution < -0.4 is 4.90 Å². The molecular weight excluding hydrogens is 277 g/mol. The van der Waals surface area contributed by atoms with Crippen LogP contribution in [0.15, 0.2) is 18.2 Å². The largest absolute Gasteiger partial charge is 0.416 e. The Balaban J connectivity index is 2.16. The van der Waals surface area contributed by atoms with Crippen LogP contribution in [0.1, 0.15) is 43.7 Å². The van der Waals surface area contributed by atoms with Crippen LogP contribution in [-0.4, -0.2) is 13.1 Å². The van der Waals surface area contributed by atoms with Gasteiger partial charge in [-0.05, 0) is 37.0 Å². The van der Waals surface area contributed by atoms with Gasteiger partial charge in [0.1, 0.15) is 6.07 Å². The highest BCUT2D eigenvalue weighted by Gasteiger charge is 2.31. The maximum atomic E-state index is 12.7. The van der Waals surface area contributed by atoms with Gasteiger partial charge in [0.15, 0.2) is 0 Å². The Labute approximate surface area is 123 Å². The maximum absolute atomic E-state index is 12.7. The van der Waals surface area contributed by atoms with Crippen LogP contribution in [0.2, 0.25) is 0 Å². The fourth-order valence-corrected chi connectivity index (χ4v) is 2.95. The molecule has 0 aromatic heterocycles. The average molecular weight is 296 g/mol. The molecule has 2 nitrogen and oxygen atoms in total. The van der Waals surface area contributed by atoms with Gasteiger partial charge in [-0.1, -0.05) is 19.8 Å². The Hall–Kier alpha value is -1.70. The fourth-order valence-electron chi connectivity index (χ4n) is 2.95. The zero-order valence-corrected chi connectivity index (χ0v) is 12.1. The van der Waals surface area contributed by atoms with Crippen LogP contribution in [0.25, 0.3) is 0 Å². The molecule has 0 bridgehead atoms. The first kappa shape index (κ1) is 15.7. The Morgan fingerprint density at radius 1 is 1.29 bits per heavy atom. The summed E-state index contributed by atoms with van der Waals surface area (Å²) < 4.78 is 38.1. The van der Waals surface area contributed by atoms with E-state index in [2.05, 4.69) is 6.92 Å². The molecule has 2 rings (SSSR count). The molecule has 0 amide bonds. The van der Waals surface area contributed by atoms with Crippen molar-refractivity contribution in [2.45, 2.75) is 38.8 Å². The third kappa shape index (κ3) is 3.69. The van der Waals surface area contributed by atoms with Gasteiger partial charge >= 0.3 is 6.18 Å². The molecular formula is C16H19F3N2. The molecule has 0 atom stereocenters. The number of piperidine rings is 1. The van der Waals surface area contributed by atoms with E-state index in [1.54, 1.807) is 0 Å². The van der Waals surface area contributed by atoms with Gasteiger partial charge in [0.2, 0.25) is 0 Å². The number of nitriles is 1. The van der Waals surface area contributed by atoms with Gasteiger partial charge in [0, 0.05) is 13.1 Å². The second-order valence-corrected chi connectivity index (χ2v) is 5.56. The normalized spacial score (nSPS) is 16.8. The van der Waals surface area contributed by atoms with Gasteiger partial charge < -0.3 is 4.90 Å². The lowest BCUT2D eigenvalue weighted by molar-refractivity contribution is -0.137. The van der Waals surface area contributed by atoms with E-state index in [1.807, 2.05) is 11.0 Å². The summed E-state index contributed by atoms with van der Waals surface area (Å²) in [7, 11) is 0. The van der Waals surface area contributed by atoms with Crippen molar-refractivity contribution in [1.82, 2.24) is 0 Å². The fraction of sp³-hybridized carbons (Fsp3) is 0.562. The highest BCUT2D eigenvalue weighted by atomic mass is 19.4. The summed E-state index contributed by atoms with van der Waals surface area (Å²) in [6.45, 7) is 3.78. The first-order valence-corrected chi connectivity index (χ1v) is 7.32. The van der Waals surface area contributed by atoms with Crippen LogP contribution in [0.3, 0.4) is 0 Å². The van der Waals surface area contributed by atoms with E-state index in [4.69, 9.17) is 5.26 Å². The molecule has 5 heteroatoms. The molecule has 1 aliphatic rings. The van der Waals surface area contributed by atoms with E-state index in [9.17, 15) is 13.2 Å². The zero-order chi connectivity index (χ0) is 15.5. The number of alkyl halides is 3. The van der Waals surface area contributed by atoms with Crippen LogP contribution in [-0.2, 0) is 6.18 Å². The summed E-state index contributed by atoms with van der Waals surface area (Å²) in [4.78, 5) is 2.03. The molecule has 114 valence electrons. The smallest absolute Gasteiger partial charge is 0.370 e. The second kappa shape index (κ2) is 6.38. The molecule has 1 aromatic rings. The van der Waals surface area contributed by atoms with Crippen molar-refractivity contribution in [2.75, 3.05) is 18.0 Å². The standard InChI is InChI=1S/C16H19F3N2/c1-2-3-12-6-8-21(9-7-12)15-5-4-14(16(17,18)19)10-13(15)11-20/h4-5,10,12H,2-3,6-9H2,1H3. The number of nitrogens with zero attached hydrogens (tertiary/aromatic N) is 2. The van der Waals surface area contributed by atoms with E-state index < -0.39 is 11.7 Å². The van der Waals surface area contributed by atoms with Crippen LogP contribution >= 0.6 is 0 Å². The van der Waals surface area contributed by atoms with Gasteiger partial charge in [-0.25, -0.2) is 0 Å². The lowest BCUT2D eigenvalue weighted by atomic mass is 9.92. The summed E-state index contributed by atoms with van der Waals surface area (Å²) in [6, 6.07) is 5.35. The monoisotopic (exact) mass is 296 g/mol. The minimum Gasteiger partial charge on any atom is -0.370 e. The number of anilines is 1. The van der Waals surface area contributed by atoms with Crippen molar-refractivity contribution in [2.24, 2.45) is 5.92 Å². The predicted octanol–water partition coefficient (Wildman–Crippen LogP) is 4.59. The van der Waals surface area contributed by atoms with Gasteiger partial charge in [0.05, 0.1) is 16.8 Å². The Bertz CT molecular complexity index is 523. The molecule has 1 fully saturated rings. The van der Waals surface area contributed by atoms with Gasteiger partial charge in [-0.2, -0.15) is 18.4 Å². The van der Waals surface area contributed by atoms with Crippen molar-refractivity contribution in [3.05, 3.63) is 29.3 Å². The SMILES string of the molecule is CCCC1CCN(c2ccc(C(F)(F)F)cc2C#N)CC1. The van der Waals surface area contributed by atoms with Crippen molar-refractivity contribution in [3.63, 3.8) is 0 Å². The Kier molecular flexibility index (Phi) is 4.76. The lowest BCUT2D eigenvalue weighted by Gasteiger charge is -2.34. The number of hydrogen-bond acceptors (Lipinski definition) is 2. The van der Waals surface area contributed by atoms with Crippen LogP contribution in [0.5, 0.6) is 0 Å². The zero-order valence-electron chi connectivity index (χ0n) is 12.1. The quantitative estimate of drug-likeness (QED) is 0.815. The highest BCUT2D eigenvalue weighted by Crippen LogP contribution is 2.34. The summed E-state index contributed by atoms with van der Waals surface area (Å²) in [6.07, 6.45) is 0.0397. The number of rotatable bonds is 3. The first-order chi connectivity index (χ1) is 9.95. The van der Waals surface area contributed by atoms with Gasteiger partial charge in [-0.3, -0.25) is 0 Å². The average Bonchev–Trinajstić information content (AvgIpc) is 2.47. The maximum Gasteiger partial charge on any atom is 0.416 e. The molecule has 0 N–H and O–H groups in total. The number of benzene rings is 1. The minimum absolute atomic E-state index is 0.110. The molecule has 0 unspecified atom stereocenters. The second-order valence-electron chi connectivity index (χ2n) is 5.56. The lowest BCUT2D eigenvalue weighted by Crippen LogP contribution is -2.34. The van der Waals surface area contributed by atoms with Crippen molar-refractivity contribution in [3.8, 4) is 6.07 Å². The van der Waals surface area contributed by atoms with Crippen LogP contribution in [0, 0.1) is 17.2 Å². The molecule has 1 saturated heterocycles. The minimum atomic E-state index is -4.40. The molecule has 0 radical (unpaired) electrons. The Morgan fingerprint density at radius 3 is 2.48 bits per heavy atom. The molecule has 0 aliphatic carbocycles. The third-order valence-corrected chi connectivity index (χ3v) is 4.10. The molecule has 1 heterocycles. The molecule has 1 aliphatic heterocycles. The summed E-state index contributed by atoms with van der Waals surface area (Å²) in [5, 5.41) is 9.13.